The van der Waals surface area contributed by atoms with Crippen LogP contribution in [0.2, 0.25) is 0 Å². The molecule has 0 bridgehead atoms. The molecule has 108 valence electrons. The van der Waals surface area contributed by atoms with E-state index in [0.717, 1.165) is 32.1 Å². The first-order chi connectivity index (χ1) is 9.25. The number of fused-ring (bicyclic) bond motifs is 1. The van der Waals surface area contributed by atoms with Crippen LogP contribution in [0.3, 0.4) is 0 Å². The van der Waals surface area contributed by atoms with E-state index in [2.05, 4.69) is 30.5 Å². The fourth-order valence-corrected chi connectivity index (χ4v) is 3.83. The lowest BCUT2D eigenvalue weighted by Gasteiger charge is -2.07. The summed E-state index contributed by atoms with van der Waals surface area (Å²) >= 11 is 2.03. The zero-order valence-electron chi connectivity index (χ0n) is 12.4. The Balaban J connectivity index is 1.66. The van der Waals surface area contributed by atoms with Gasteiger partial charge in [-0.25, -0.2) is 0 Å². The molecule has 19 heavy (non-hydrogen) atoms. The van der Waals surface area contributed by atoms with E-state index < -0.39 is 0 Å². The topological polar surface area (TPSA) is 24.1 Å². The van der Waals surface area contributed by atoms with Gasteiger partial charge in [0.15, 0.2) is 0 Å². The lowest BCUT2D eigenvalue weighted by molar-refractivity contribution is 0.536. The van der Waals surface area contributed by atoms with Gasteiger partial charge < -0.3 is 10.6 Å². The summed E-state index contributed by atoms with van der Waals surface area (Å²) in [4.78, 5) is 3.18. The Morgan fingerprint density at radius 3 is 2.74 bits per heavy atom. The van der Waals surface area contributed by atoms with Gasteiger partial charge in [0.1, 0.15) is 0 Å². The van der Waals surface area contributed by atoms with Gasteiger partial charge in [-0.1, -0.05) is 20.3 Å². The molecular formula is C16H28N2S. The Labute approximate surface area is 122 Å². The van der Waals surface area contributed by atoms with Gasteiger partial charge in [0.05, 0.1) is 0 Å². The fraction of sp³-hybridized carbons (Fsp3) is 0.750. The summed E-state index contributed by atoms with van der Waals surface area (Å²) in [5.41, 5.74) is 1.64. The Morgan fingerprint density at radius 2 is 1.89 bits per heavy atom. The highest BCUT2D eigenvalue weighted by Gasteiger charge is 2.11. The summed E-state index contributed by atoms with van der Waals surface area (Å²) in [6.07, 6.45) is 6.81. The SMILES string of the molecule is CC(C)CNCCNCc1cc2c(s1)CCCCC2. The zero-order chi connectivity index (χ0) is 13.5. The molecule has 0 amide bonds. The maximum absolute atomic E-state index is 3.55. The monoisotopic (exact) mass is 280 g/mol. The summed E-state index contributed by atoms with van der Waals surface area (Å²) in [7, 11) is 0. The van der Waals surface area contributed by atoms with Gasteiger partial charge in [-0.15, -0.1) is 11.3 Å². The minimum absolute atomic E-state index is 0.743. The van der Waals surface area contributed by atoms with Crippen LogP contribution < -0.4 is 10.6 Å². The van der Waals surface area contributed by atoms with Crippen molar-refractivity contribution in [3.05, 3.63) is 21.4 Å². The largest absolute Gasteiger partial charge is 0.315 e. The first-order valence-corrected chi connectivity index (χ1v) is 8.59. The smallest absolute Gasteiger partial charge is 0.0300 e. The maximum atomic E-state index is 3.55. The maximum Gasteiger partial charge on any atom is 0.0300 e. The molecule has 1 aliphatic rings. The summed E-state index contributed by atoms with van der Waals surface area (Å²) in [5.74, 6) is 0.743. The van der Waals surface area contributed by atoms with Crippen LogP contribution in [0.1, 0.15) is 48.4 Å². The molecule has 2 N–H and O–H groups in total. The third-order valence-electron chi connectivity index (χ3n) is 3.63. The lowest BCUT2D eigenvalue weighted by atomic mass is 10.1. The molecule has 0 spiro atoms. The summed E-state index contributed by atoms with van der Waals surface area (Å²) in [6.45, 7) is 8.80. The number of hydrogen-bond acceptors (Lipinski definition) is 3. The highest BCUT2D eigenvalue weighted by atomic mass is 32.1. The first-order valence-electron chi connectivity index (χ1n) is 7.77. The van der Waals surface area contributed by atoms with E-state index in [1.54, 1.807) is 10.4 Å². The van der Waals surface area contributed by atoms with Crippen LogP contribution in [0, 0.1) is 5.92 Å². The summed E-state index contributed by atoms with van der Waals surface area (Å²) in [6, 6.07) is 2.44. The van der Waals surface area contributed by atoms with E-state index >= 15 is 0 Å². The van der Waals surface area contributed by atoms with E-state index in [0.29, 0.717) is 0 Å². The second-order valence-electron chi connectivity index (χ2n) is 6.00. The minimum atomic E-state index is 0.743. The van der Waals surface area contributed by atoms with Gasteiger partial charge in [-0.2, -0.15) is 0 Å². The quantitative estimate of drug-likeness (QED) is 0.591. The highest BCUT2D eigenvalue weighted by molar-refractivity contribution is 7.12. The average Bonchev–Trinajstić information content (AvgIpc) is 2.63. The van der Waals surface area contributed by atoms with Gasteiger partial charge >= 0.3 is 0 Å². The molecule has 0 radical (unpaired) electrons. The average molecular weight is 280 g/mol. The Bertz CT molecular complexity index is 347. The molecule has 2 nitrogen and oxygen atoms in total. The van der Waals surface area contributed by atoms with E-state index in [-0.39, 0.29) is 0 Å². The van der Waals surface area contributed by atoms with Crippen molar-refractivity contribution in [1.29, 1.82) is 0 Å². The Morgan fingerprint density at radius 1 is 1.11 bits per heavy atom. The molecule has 2 rings (SSSR count). The first kappa shape index (κ1) is 15.0. The molecule has 0 saturated carbocycles. The molecule has 1 heterocycles. The van der Waals surface area contributed by atoms with Gasteiger partial charge in [0, 0.05) is 29.4 Å². The number of hydrogen-bond donors (Lipinski definition) is 2. The molecule has 0 aliphatic heterocycles. The van der Waals surface area contributed by atoms with Crippen molar-refractivity contribution >= 4 is 11.3 Å². The predicted molar refractivity (Wildman–Crippen MR) is 85.0 cm³/mol. The van der Waals surface area contributed by atoms with Crippen LogP contribution in [0.5, 0.6) is 0 Å². The van der Waals surface area contributed by atoms with Gasteiger partial charge in [0.25, 0.3) is 0 Å². The minimum Gasteiger partial charge on any atom is -0.315 e. The Hall–Kier alpha value is -0.380. The number of thiophene rings is 1. The van der Waals surface area contributed by atoms with E-state index in [1.807, 2.05) is 11.3 Å². The van der Waals surface area contributed by atoms with Crippen molar-refractivity contribution in [3.8, 4) is 0 Å². The van der Waals surface area contributed by atoms with E-state index in [1.165, 1.54) is 37.0 Å². The standard InChI is InChI=1S/C16H28N2S/c1-13(2)11-17-8-9-18-12-15-10-14-6-4-3-5-7-16(14)19-15/h10,13,17-18H,3-9,11-12H2,1-2H3. The summed E-state index contributed by atoms with van der Waals surface area (Å²) < 4.78 is 0. The molecule has 0 fully saturated rings. The molecule has 0 atom stereocenters. The number of aryl methyl sites for hydroxylation is 2. The van der Waals surface area contributed by atoms with Crippen molar-refractivity contribution in [2.75, 3.05) is 19.6 Å². The zero-order valence-corrected chi connectivity index (χ0v) is 13.2. The second kappa shape index (κ2) is 8.03. The van der Waals surface area contributed by atoms with Crippen LogP contribution in [0.4, 0.5) is 0 Å². The molecule has 1 aliphatic carbocycles. The van der Waals surface area contributed by atoms with Crippen LogP contribution >= 0.6 is 11.3 Å². The van der Waals surface area contributed by atoms with Crippen molar-refractivity contribution in [2.45, 2.75) is 52.5 Å². The van der Waals surface area contributed by atoms with Crippen molar-refractivity contribution in [3.63, 3.8) is 0 Å². The van der Waals surface area contributed by atoms with E-state index in [9.17, 15) is 0 Å². The third-order valence-corrected chi connectivity index (χ3v) is 4.87. The van der Waals surface area contributed by atoms with Crippen LogP contribution in [-0.4, -0.2) is 19.6 Å². The second-order valence-corrected chi connectivity index (χ2v) is 7.22. The van der Waals surface area contributed by atoms with E-state index in [4.69, 9.17) is 0 Å². The van der Waals surface area contributed by atoms with Gasteiger partial charge in [0.2, 0.25) is 0 Å². The number of rotatable bonds is 7. The van der Waals surface area contributed by atoms with Crippen LogP contribution in [0.25, 0.3) is 0 Å². The molecule has 0 unspecified atom stereocenters. The molecule has 3 heteroatoms. The van der Waals surface area contributed by atoms with Crippen LogP contribution in [-0.2, 0) is 19.4 Å². The molecule has 1 aromatic heterocycles. The molecular weight excluding hydrogens is 252 g/mol. The van der Waals surface area contributed by atoms with Crippen molar-refractivity contribution in [1.82, 2.24) is 10.6 Å². The lowest BCUT2D eigenvalue weighted by Crippen LogP contribution is -2.29. The van der Waals surface area contributed by atoms with Crippen molar-refractivity contribution < 1.29 is 0 Å². The predicted octanol–water partition coefficient (Wildman–Crippen LogP) is 3.35. The third kappa shape index (κ3) is 5.25. The molecule has 1 aromatic rings. The van der Waals surface area contributed by atoms with Gasteiger partial charge in [-0.3, -0.25) is 0 Å². The summed E-state index contributed by atoms with van der Waals surface area (Å²) in [5, 5.41) is 7.02. The van der Waals surface area contributed by atoms with Gasteiger partial charge in [-0.05, 0) is 49.8 Å². The normalized spacial score (nSPS) is 15.5. The van der Waals surface area contributed by atoms with Crippen LogP contribution in [0.15, 0.2) is 6.07 Å². The fourth-order valence-electron chi connectivity index (χ4n) is 2.60. The molecule has 0 saturated heterocycles. The van der Waals surface area contributed by atoms with Crippen molar-refractivity contribution in [2.24, 2.45) is 5.92 Å². The number of nitrogens with one attached hydrogen (secondary N) is 2. The Kier molecular flexibility index (Phi) is 6.35. The highest BCUT2D eigenvalue weighted by Crippen LogP contribution is 2.28. The molecule has 0 aromatic carbocycles.